The van der Waals surface area contributed by atoms with Gasteiger partial charge in [-0.25, -0.2) is 24.9 Å². The van der Waals surface area contributed by atoms with E-state index in [1.807, 2.05) is 60.7 Å². The highest BCUT2D eigenvalue weighted by Gasteiger charge is 2.22. The van der Waals surface area contributed by atoms with E-state index in [1.165, 1.54) is 24.9 Å². The zero-order valence-electron chi connectivity index (χ0n) is 30.0. The van der Waals surface area contributed by atoms with Crippen molar-refractivity contribution in [2.45, 2.75) is 0 Å². The fourth-order valence-electron chi connectivity index (χ4n) is 7.92. The highest BCUT2D eigenvalue weighted by molar-refractivity contribution is 7.26. The Labute approximate surface area is 333 Å². The first-order valence-electron chi connectivity index (χ1n) is 18.7. The van der Waals surface area contributed by atoms with Crippen LogP contribution in [-0.4, -0.2) is 24.9 Å². The average Bonchev–Trinajstić information content (AvgIpc) is 3.97. The second kappa shape index (κ2) is 12.7. The fraction of sp³-hybridized carbons (Fsp3) is 0. The summed E-state index contributed by atoms with van der Waals surface area (Å²) in [6.45, 7) is 0. The average molecular weight is 766 g/mol. The molecule has 0 aliphatic carbocycles. The lowest BCUT2D eigenvalue weighted by Gasteiger charge is -2.09. The monoisotopic (exact) mass is 765 g/mol. The SMILES string of the molecule is c1ccc(-c2nc(-c3ccc4c(c3)sc3ccccc34)nc(-c3cccc4c3oc3cccc(-c5nc(-c6ccccc6)c6sc7ccccc7c6n5)c34)n2)cc1. The summed E-state index contributed by atoms with van der Waals surface area (Å²) in [5.74, 6) is 2.38. The molecule has 0 atom stereocenters. The second-order valence-electron chi connectivity index (χ2n) is 14.0. The van der Waals surface area contributed by atoms with Gasteiger partial charge in [0.2, 0.25) is 0 Å². The molecule has 266 valence electrons. The molecule has 7 aromatic carbocycles. The van der Waals surface area contributed by atoms with E-state index >= 15 is 0 Å². The number of hydrogen-bond donors (Lipinski definition) is 0. The Morgan fingerprint density at radius 1 is 0.386 bits per heavy atom. The van der Waals surface area contributed by atoms with E-state index in [1.54, 1.807) is 22.7 Å². The predicted molar refractivity (Wildman–Crippen MR) is 236 cm³/mol. The van der Waals surface area contributed by atoms with Gasteiger partial charge in [-0.15, -0.1) is 22.7 Å². The Balaban J connectivity index is 1.07. The molecule has 0 radical (unpaired) electrons. The van der Waals surface area contributed by atoms with E-state index in [0.717, 1.165) is 65.5 Å². The number of furan rings is 1. The quantitative estimate of drug-likeness (QED) is 0.174. The first kappa shape index (κ1) is 32.1. The van der Waals surface area contributed by atoms with Gasteiger partial charge in [-0.05, 0) is 30.3 Å². The number of fused-ring (bicyclic) bond motifs is 9. The molecule has 0 amide bonds. The van der Waals surface area contributed by atoms with Crippen LogP contribution in [0.25, 0.3) is 119 Å². The van der Waals surface area contributed by atoms with Crippen molar-refractivity contribution in [1.29, 1.82) is 0 Å². The minimum atomic E-state index is 0.537. The van der Waals surface area contributed by atoms with Gasteiger partial charge in [0, 0.05) is 63.3 Å². The Hall–Kier alpha value is -7.13. The number of para-hydroxylation sites is 1. The highest BCUT2D eigenvalue weighted by Crippen LogP contribution is 2.43. The number of benzene rings is 7. The zero-order valence-corrected chi connectivity index (χ0v) is 31.7. The molecule has 0 bridgehead atoms. The van der Waals surface area contributed by atoms with Gasteiger partial charge in [0.15, 0.2) is 23.3 Å². The van der Waals surface area contributed by atoms with Crippen molar-refractivity contribution in [1.82, 2.24) is 24.9 Å². The third-order valence-corrected chi connectivity index (χ3v) is 12.9. The summed E-state index contributed by atoms with van der Waals surface area (Å²) >= 11 is 3.51. The summed E-state index contributed by atoms with van der Waals surface area (Å²) in [5, 5.41) is 5.49. The van der Waals surface area contributed by atoms with Crippen molar-refractivity contribution in [3.8, 4) is 56.8 Å². The van der Waals surface area contributed by atoms with Crippen molar-refractivity contribution in [3.63, 3.8) is 0 Å². The molecule has 0 saturated carbocycles. The van der Waals surface area contributed by atoms with E-state index in [9.17, 15) is 0 Å². The normalized spacial score (nSPS) is 11.9. The molecule has 0 unspecified atom stereocenters. The Morgan fingerprint density at radius 3 is 1.82 bits per heavy atom. The first-order chi connectivity index (χ1) is 28.2. The van der Waals surface area contributed by atoms with Crippen LogP contribution in [0.3, 0.4) is 0 Å². The van der Waals surface area contributed by atoms with E-state index in [-0.39, 0.29) is 0 Å². The number of rotatable bonds is 5. The van der Waals surface area contributed by atoms with Gasteiger partial charge in [0.05, 0.1) is 21.5 Å². The van der Waals surface area contributed by atoms with Crippen molar-refractivity contribution in [2.75, 3.05) is 0 Å². The summed E-state index contributed by atoms with van der Waals surface area (Å²) in [4.78, 5) is 25.9. The lowest BCUT2D eigenvalue weighted by Crippen LogP contribution is -2.00. The molecule has 57 heavy (non-hydrogen) atoms. The topological polar surface area (TPSA) is 77.6 Å². The van der Waals surface area contributed by atoms with Gasteiger partial charge in [-0.3, -0.25) is 0 Å². The van der Waals surface area contributed by atoms with Crippen molar-refractivity contribution in [2.24, 2.45) is 0 Å². The van der Waals surface area contributed by atoms with Crippen LogP contribution in [0, 0.1) is 0 Å². The largest absolute Gasteiger partial charge is 0.455 e. The number of hydrogen-bond acceptors (Lipinski definition) is 8. The molecule has 0 saturated heterocycles. The lowest BCUT2D eigenvalue weighted by molar-refractivity contribution is 0.669. The smallest absolute Gasteiger partial charge is 0.167 e. The predicted octanol–water partition coefficient (Wildman–Crippen LogP) is 13.6. The Morgan fingerprint density at radius 2 is 1.00 bits per heavy atom. The van der Waals surface area contributed by atoms with Gasteiger partial charge in [-0.2, -0.15) is 0 Å². The molecule has 0 N–H and O–H groups in total. The van der Waals surface area contributed by atoms with Crippen LogP contribution in [0.4, 0.5) is 0 Å². The third kappa shape index (κ3) is 5.19. The second-order valence-corrected chi connectivity index (χ2v) is 16.1. The molecular formula is C49H27N5OS2. The van der Waals surface area contributed by atoms with Crippen LogP contribution in [0.2, 0.25) is 0 Å². The number of thiophene rings is 2. The molecule has 8 heteroatoms. The first-order valence-corrected chi connectivity index (χ1v) is 20.3. The van der Waals surface area contributed by atoms with Gasteiger partial charge in [0.25, 0.3) is 0 Å². The Kier molecular flexibility index (Phi) is 7.17. The molecule has 12 rings (SSSR count). The molecule has 0 spiro atoms. The number of nitrogens with zero attached hydrogens (tertiary/aromatic N) is 5. The maximum absolute atomic E-state index is 6.79. The third-order valence-electron chi connectivity index (χ3n) is 10.6. The van der Waals surface area contributed by atoms with E-state index in [4.69, 9.17) is 29.3 Å². The lowest BCUT2D eigenvalue weighted by atomic mass is 10.0. The van der Waals surface area contributed by atoms with Crippen LogP contribution < -0.4 is 0 Å². The van der Waals surface area contributed by atoms with Gasteiger partial charge >= 0.3 is 0 Å². The summed E-state index contributed by atoms with van der Waals surface area (Å²) in [6, 6.07) is 56.2. The molecule has 0 fully saturated rings. The van der Waals surface area contributed by atoms with Gasteiger partial charge < -0.3 is 4.42 Å². The summed E-state index contributed by atoms with van der Waals surface area (Å²) in [5.41, 5.74) is 7.87. The number of aromatic nitrogens is 5. The highest BCUT2D eigenvalue weighted by atomic mass is 32.1. The molecular weight excluding hydrogens is 739 g/mol. The van der Waals surface area contributed by atoms with Crippen molar-refractivity contribution >= 4 is 85.1 Å². The van der Waals surface area contributed by atoms with Gasteiger partial charge in [0.1, 0.15) is 11.2 Å². The van der Waals surface area contributed by atoms with E-state index in [2.05, 4.69) is 103 Å². The van der Waals surface area contributed by atoms with Crippen LogP contribution in [0.1, 0.15) is 0 Å². The van der Waals surface area contributed by atoms with Crippen LogP contribution in [0.15, 0.2) is 168 Å². The molecule has 6 nitrogen and oxygen atoms in total. The summed E-state index contributed by atoms with van der Waals surface area (Å²) in [6.07, 6.45) is 0. The molecule has 5 aromatic heterocycles. The molecule has 0 aliphatic rings. The molecule has 5 heterocycles. The van der Waals surface area contributed by atoms with E-state index < -0.39 is 0 Å². The standard InChI is InChI=1S/C49H27N5OS2/c1-3-13-28(14-4-1)42-45-43(33-18-8-10-24-39(33)57-45)51-48(50-42)35-20-12-22-37-41(35)34-19-11-21-36(44(34)55-37)49-53-46(29-15-5-2-6-16-29)52-47(54-49)30-25-26-32-31-17-7-9-23-38(31)56-40(32)27-30/h1-27H. The van der Waals surface area contributed by atoms with Crippen LogP contribution in [0.5, 0.6) is 0 Å². The Bertz CT molecular complexity index is 3540. The summed E-state index contributed by atoms with van der Waals surface area (Å²) < 4.78 is 11.5. The minimum absolute atomic E-state index is 0.537. The summed E-state index contributed by atoms with van der Waals surface area (Å²) in [7, 11) is 0. The maximum Gasteiger partial charge on any atom is 0.167 e. The van der Waals surface area contributed by atoms with Gasteiger partial charge in [-0.1, -0.05) is 133 Å². The molecule has 0 aliphatic heterocycles. The van der Waals surface area contributed by atoms with Crippen molar-refractivity contribution in [3.05, 3.63) is 164 Å². The minimum Gasteiger partial charge on any atom is -0.455 e. The molecule has 12 aromatic rings. The van der Waals surface area contributed by atoms with Crippen molar-refractivity contribution < 1.29 is 4.42 Å². The maximum atomic E-state index is 6.79. The van der Waals surface area contributed by atoms with E-state index in [0.29, 0.717) is 28.9 Å². The van der Waals surface area contributed by atoms with Crippen LogP contribution >= 0.6 is 22.7 Å². The fourth-order valence-corrected chi connectivity index (χ4v) is 10.2. The zero-order chi connectivity index (χ0) is 37.5. The van der Waals surface area contributed by atoms with Crippen LogP contribution in [-0.2, 0) is 0 Å².